The number of nitro groups is 1. The smallest absolute Gasteiger partial charge is 0.342 e. The Morgan fingerprint density at radius 2 is 1.94 bits per heavy atom. The van der Waals surface area contributed by atoms with Crippen LogP contribution in [0.1, 0.15) is 27.3 Å². The third-order valence-electron chi connectivity index (χ3n) is 4.87. The van der Waals surface area contributed by atoms with Crippen LogP contribution in [0.15, 0.2) is 42.5 Å². The lowest BCUT2D eigenvalue weighted by molar-refractivity contribution is -0.384. The highest BCUT2D eigenvalue weighted by Gasteiger charge is 2.22. The number of non-ortho nitro benzene ring substituents is 1. The third kappa shape index (κ3) is 5.47. The second-order valence-electron chi connectivity index (χ2n) is 7.06. The van der Waals surface area contributed by atoms with Crippen molar-refractivity contribution in [3.05, 3.63) is 80.1 Å². The first-order valence-electron chi connectivity index (χ1n) is 9.78. The largest absolute Gasteiger partial charge is 0.494 e. The molecule has 1 N–H and O–H groups in total. The molecular formula is C22H21ClN4O6. The maximum Gasteiger partial charge on any atom is 0.342 e. The molecule has 33 heavy (non-hydrogen) atoms. The molecule has 3 aromatic rings. The van der Waals surface area contributed by atoms with Gasteiger partial charge in [0, 0.05) is 11.1 Å². The van der Waals surface area contributed by atoms with E-state index in [9.17, 15) is 19.7 Å². The first-order valence-corrected chi connectivity index (χ1v) is 10.2. The molecule has 172 valence electrons. The maximum absolute atomic E-state index is 12.6. The summed E-state index contributed by atoms with van der Waals surface area (Å²) in [5, 5.41) is 18.4. The number of rotatable bonds is 8. The predicted octanol–water partition coefficient (Wildman–Crippen LogP) is 3.91. The van der Waals surface area contributed by atoms with Gasteiger partial charge in [-0.25, -0.2) is 4.79 Å². The number of amides is 1. The number of esters is 1. The van der Waals surface area contributed by atoms with E-state index in [2.05, 4.69) is 10.4 Å². The zero-order chi connectivity index (χ0) is 24.1. The Kier molecular flexibility index (Phi) is 7.29. The number of carbonyl (C=O) groups excluding carboxylic acids is 2. The summed E-state index contributed by atoms with van der Waals surface area (Å²) in [6.45, 7) is 3.22. The number of methoxy groups -OCH3 is 1. The Morgan fingerprint density at radius 1 is 1.21 bits per heavy atom. The molecule has 3 rings (SSSR count). The van der Waals surface area contributed by atoms with Crippen LogP contribution in [0.25, 0.3) is 0 Å². The van der Waals surface area contributed by atoms with Gasteiger partial charge in [0.2, 0.25) is 0 Å². The summed E-state index contributed by atoms with van der Waals surface area (Å²) < 4.78 is 11.9. The molecule has 11 heteroatoms. The maximum atomic E-state index is 12.6. The van der Waals surface area contributed by atoms with Crippen molar-refractivity contribution in [2.24, 2.45) is 0 Å². The number of halogens is 1. The molecule has 1 aromatic heterocycles. The first kappa shape index (κ1) is 23.7. The van der Waals surface area contributed by atoms with Gasteiger partial charge in [-0.2, -0.15) is 5.10 Å². The molecule has 0 fully saturated rings. The SMILES string of the molecule is COc1cc([N+](=O)[O-])ccc1NC(=O)COC(=O)c1c(C)nn(Cc2ccccc2Cl)c1C. The standard InChI is InChI=1S/C22H21ClN4O6/c1-13-21(14(2)26(25-13)11-15-6-4-5-7-17(15)23)22(29)33-12-20(28)24-18-9-8-16(27(30)31)10-19(18)32-3/h4-10H,11-12H2,1-3H3,(H,24,28). The highest BCUT2D eigenvalue weighted by Crippen LogP contribution is 2.29. The molecule has 0 aliphatic carbocycles. The van der Waals surface area contributed by atoms with Crippen molar-refractivity contribution in [2.75, 3.05) is 19.0 Å². The van der Waals surface area contributed by atoms with E-state index in [0.29, 0.717) is 23.0 Å². The number of nitrogens with zero attached hydrogens (tertiary/aromatic N) is 3. The molecule has 0 unspecified atom stereocenters. The van der Waals surface area contributed by atoms with Crippen LogP contribution in [0, 0.1) is 24.0 Å². The highest BCUT2D eigenvalue weighted by molar-refractivity contribution is 6.31. The lowest BCUT2D eigenvalue weighted by atomic mass is 10.2. The fourth-order valence-corrected chi connectivity index (χ4v) is 3.42. The van der Waals surface area contributed by atoms with Crippen LogP contribution in [0.5, 0.6) is 5.75 Å². The van der Waals surface area contributed by atoms with E-state index in [-0.39, 0.29) is 22.7 Å². The zero-order valence-corrected chi connectivity index (χ0v) is 18.9. The highest BCUT2D eigenvalue weighted by atomic mass is 35.5. The molecule has 0 aliphatic heterocycles. The van der Waals surface area contributed by atoms with E-state index in [1.165, 1.54) is 25.3 Å². The number of carbonyl (C=O) groups is 2. The normalized spacial score (nSPS) is 10.5. The van der Waals surface area contributed by atoms with Crippen molar-refractivity contribution in [3.63, 3.8) is 0 Å². The summed E-state index contributed by atoms with van der Waals surface area (Å²) in [6.07, 6.45) is 0. The summed E-state index contributed by atoms with van der Waals surface area (Å²) >= 11 is 6.21. The van der Waals surface area contributed by atoms with E-state index in [0.717, 1.165) is 5.56 Å². The van der Waals surface area contributed by atoms with Gasteiger partial charge in [0.25, 0.3) is 11.6 Å². The fraction of sp³-hybridized carbons (Fsp3) is 0.227. The van der Waals surface area contributed by atoms with Crippen molar-refractivity contribution in [1.29, 1.82) is 0 Å². The number of ether oxygens (including phenoxy) is 2. The monoisotopic (exact) mass is 472 g/mol. The minimum absolute atomic E-state index is 0.108. The predicted molar refractivity (Wildman–Crippen MR) is 121 cm³/mol. The summed E-state index contributed by atoms with van der Waals surface area (Å²) in [5.41, 5.74) is 2.18. The van der Waals surface area contributed by atoms with E-state index in [1.54, 1.807) is 24.6 Å². The molecule has 1 heterocycles. The minimum atomic E-state index is -0.693. The zero-order valence-electron chi connectivity index (χ0n) is 18.1. The number of aromatic nitrogens is 2. The van der Waals surface area contributed by atoms with Gasteiger partial charge < -0.3 is 14.8 Å². The molecule has 10 nitrogen and oxygen atoms in total. The molecule has 0 aliphatic rings. The van der Waals surface area contributed by atoms with Gasteiger partial charge in [0.1, 0.15) is 11.3 Å². The second-order valence-corrected chi connectivity index (χ2v) is 7.47. The molecular weight excluding hydrogens is 452 g/mol. The average molecular weight is 473 g/mol. The van der Waals surface area contributed by atoms with Crippen molar-refractivity contribution in [3.8, 4) is 5.75 Å². The first-order chi connectivity index (χ1) is 15.7. The lowest BCUT2D eigenvalue weighted by Gasteiger charge is -2.10. The van der Waals surface area contributed by atoms with Gasteiger partial charge >= 0.3 is 5.97 Å². The van der Waals surface area contributed by atoms with E-state index >= 15 is 0 Å². The Bertz CT molecular complexity index is 1220. The summed E-state index contributed by atoms with van der Waals surface area (Å²) in [6, 6.07) is 11.1. The molecule has 1 amide bonds. The van der Waals surface area contributed by atoms with Gasteiger partial charge in [-0.3, -0.25) is 19.6 Å². The summed E-state index contributed by atoms with van der Waals surface area (Å²) in [4.78, 5) is 35.2. The van der Waals surface area contributed by atoms with Crippen molar-refractivity contribution in [2.45, 2.75) is 20.4 Å². The number of nitro benzene ring substituents is 1. The van der Waals surface area contributed by atoms with Crippen LogP contribution in [0.2, 0.25) is 5.02 Å². The Labute approximate surface area is 194 Å². The third-order valence-corrected chi connectivity index (χ3v) is 5.24. The van der Waals surface area contributed by atoms with Crippen LogP contribution in [-0.2, 0) is 16.1 Å². The summed E-state index contributed by atoms with van der Waals surface area (Å²) in [5.74, 6) is -1.22. The number of hydrogen-bond donors (Lipinski definition) is 1. The van der Waals surface area contributed by atoms with E-state index < -0.39 is 23.4 Å². The molecule has 0 atom stereocenters. The van der Waals surface area contributed by atoms with Crippen molar-refractivity contribution < 1.29 is 24.0 Å². The van der Waals surface area contributed by atoms with Crippen molar-refractivity contribution in [1.82, 2.24) is 9.78 Å². The number of aryl methyl sites for hydroxylation is 1. The fourth-order valence-electron chi connectivity index (χ4n) is 3.22. The number of nitrogens with one attached hydrogen (secondary N) is 1. The van der Waals surface area contributed by atoms with E-state index in [1.807, 2.05) is 18.2 Å². The molecule has 0 saturated carbocycles. The van der Waals surface area contributed by atoms with E-state index in [4.69, 9.17) is 21.1 Å². The van der Waals surface area contributed by atoms with Crippen molar-refractivity contribution >= 4 is 34.9 Å². The number of benzene rings is 2. The molecule has 0 radical (unpaired) electrons. The summed E-state index contributed by atoms with van der Waals surface area (Å²) in [7, 11) is 1.32. The molecule has 0 spiro atoms. The topological polar surface area (TPSA) is 126 Å². The van der Waals surface area contributed by atoms with Gasteiger partial charge in [-0.05, 0) is 31.5 Å². The second kappa shape index (κ2) is 10.1. The average Bonchev–Trinajstić information content (AvgIpc) is 3.06. The van der Waals surface area contributed by atoms with Gasteiger partial charge in [-0.15, -0.1) is 0 Å². The van der Waals surface area contributed by atoms with Gasteiger partial charge in [0.15, 0.2) is 6.61 Å². The van der Waals surface area contributed by atoms with Gasteiger partial charge in [0.05, 0.1) is 41.7 Å². The van der Waals surface area contributed by atoms with Crippen LogP contribution in [0.3, 0.4) is 0 Å². The van der Waals surface area contributed by atoms with Crippen LogP contribution in [-0.4, -0.2) is 40.3 Å². The van der Waals surface area contributed by atoms with Crippen LogP contribution < -0.4 is 10.1 Å². The Hall–Kier alpha value is -3.92. The molecule has 2 aromatic carbocycles. The molecule has 0 saturated heterocycles. The Morgan fingerprint density at radius 3 is 2.61 bits per heavy atom. The van der Waals surface area contributed by atoms with Crippen LogP contribution in [0.4, 0.5) is 11.4 Å². The lowest BCUT2D eigenvalue weighted by Crippen LogP contribution is -2.21. The minimum Gasteiger partial charge on any atom is -0.494 e. The van der Waals surface area contributed by atoms with Crippen LogP contribution >= 0.6 is 11.6 Å². The van der Waals surface area contributed by atoms with Gasteiger partial charge in [-0.1, -0.05) is 29.8 Å². The quantitative estimate of drug-likeness (QED) is 0.299. The Balaban J connectivity index is 1.66. The number of hydrogen-bond acceptors (Lipinski definition) is 7. The number of anilines is 1. The molecule has 0 bridgehead atoms.